The Morgan fingerprint density at radius 1 is 1.29 bits per heavy atom. The molecule has 0 radical (unpaired) electrons. The van der Waals surface area contributed by atoms with Crippen LogP contribution in [-0.2, 0) is 23.0 Å². The van der Waals surface area contributed by atoms with Crippen LogP contribution in [0.15, 0.2) is 35.2 Å². The summed E-state index contributed by atoms with van der Waals surface area (Å²) in [5, 5.41) is 0. The number of benzene rings is 1. The van der Waals surface area contributed by atoms with Crippen LogP contribution >= 0.6 is 0 Å². The molecule has 1 aromatic heterocycles. The standard InChI is InChI=1S/C17H19FN2O3S/c1-3-23-17-7-5-13-11-20(9-8-15(13)19-17)24(21,22)16-10-14(18)6-4-12(16)2/h4-7,10H,3,8-9,11H2,1-2H3. The maximum atomic E-state index is 13.5. The van der Waals surface area contributed by atoms with Crippen molar-refractivity contribution in [3.63, 3.8) is 0 Å². The largest absolute Gasteiger partial charge is 0.478 e. The molecule has 128 valence electrons. The Labute approximate surface area is 141 Å². The van der Waals surface area contributed by atoms with Gasteiger partial charge in [0, 0.05) is 25.6 Å². The van der Waals surface area contributed by atoms with E-state index in [1.54, 1.807) is 13.0 Å². The third kappa shape index (κ3) is 3.14. The molecule has 1 aromatic carbocycles. The van der Waals surface area contributed by atoms with Gasteiger partial charge in [-0.1, -0.05) is 12.1 Å². The first-order valence-corrected chi connectivity index (χ1v) is 9.23. The lowest BCUT2D eigenvalue weighted by atomic mass is 10.1. The number of fused-ring (bicyclic) bond motifs is 1. The molecule has 2 heterocycles. The highest BCUT2D eigenvalue weighted by Crippen LogP contribution is 2.27. The number of nitrogens with zero attached hydrogens (tertiary/aromatic N) is 2. The topological polar surface area (TPSA) is 59.5 Å². The molecule has 2 aromatic rings. The number of hydrogen-bond donors (Lipinski definition) is 0. The molecule has 0 amide bonds. The molecule has 7 heteroatoms. The minimum absolute atomic E-state index is 0.0184. The summed E-state index contributed by atoms with van der Waals surface area (Å²) >= 11 is 0. The number of halogens is 1. The van der Waals surface area contributed by atoms with Crippen LogP contribution in [0, 0.1) is 12.7 Å². The van der Waals surface area contributed by atoms with Gasteiger partial charge in [0.05, 0.1) is 17.2 Å². The summed E-state index contributed by atoms with van der Waals surface area (Å²) < 4.78 is 46.0. The van der Waals surface area contributed by atoms with Crippen LogP contribution in [0.2, 0.25) is 0 Å². The summed E-state index contributed by atoms with van der Waals surface area (Å²) in [6.07, 6.45) is 0.504. The van der Waals surface area contributed by atoms with Gasteiger partial charge in [0.1, 0.15) is 5.82 Å². The van der Waals surface area contributed by atoms with E-state index in [-0.39, 0.29) is 11.4 Å². The number of hydrogen-bond acceptors (Lipinski definition) is 4. The van der Waals surface area contributed by atoms with Crippen LogP contribution in [0.4, 0.5) is 4.39 Å². The van der Waals surface area contributed by atoms with E-state index in [1.165, 1.54) is 16.4 Å². The molecule has 24 heavy (non-hydrogen) atoms. The van der Waals surface area contributed by atoms with Gasteiger partial charge in [-0.25, -0.2) is 17.8 Å². The molecule has 0 bridgehead atoms. The van der Waals surface area contributed by atoms with Crippen molar-refractivity contribution < 1.29 is 17.5 Å². The number of ether oxygens (including phenoxy) is 1. The molecule has 3 rings (SSSR count). The first kappa shape index (κ1) is 16.9. The normalized spacial score (nSPS) is 15.1. The molecular weight excluding hydrogens is 331 g/mol. The summed E-state index contributed by atoms with van der Waals surface area (Å²) in [7, 11) is -3.74. The van der Waals surface area contributed by atoms with Crippen molar-refractivity contribution in [3.8, 4) is 5.88 Å². The second-order valence-electron chi connectivity index (χ2n) is 5.69. The highest BCUT2D eigenvalue weighted by Gasteiger charge is 2.30. The fourth-order valence-corrected chi connectivity index (χ4v) is 4.45. The van der Waals surface area contributed by atoms with Gasteiger partial charge in [0.15, 0.2) is 0 Å². The summed E-state index contributed by atoms with van der Waals surface area (Å²) in [5.74, 6) is -0.00635. The average molecular weight is 350 g/mol. The zero-order chi connectivity index (χ0) is 17.3. The van der Waals surface area contributed by atoms with Gasteiger partial charge in [-0.05, 0) is 37.1 Å². The van der Waals surface area contributed by atoms with Gasteiger partial charge in [-0.2, -0.15) is 4.31 Å². The van der Waals surface area contributed by atoms with Crippen molar-refractivity contribution in [2.75, 3.05) is 13.2 Å². The van der Waals surface area contributed by atoms with Crippen molar-refractivity contribution in [1.82, 2.24) is 9.29 Å². The molecule has 0 spiro atoms. The van der Waals surface area contributed by atoms with Crippen LogP contribution in [0.1, 0.15) is 23.7 Å². The van der Waals surface area contributed by atoms with Gasteiger partial charge < -0.3 is 4.74 Å². The monoisotopic (exact) mass is 350 g/mol. The highest BCUT2D eigenvalue weighted by atomic mass is 32.2. The summed E-state index contributed by atoms with van der Waals surface area (Å²) in [4.78, 5) is 4.44. The first-order chi connectivity index (χ1) is 11.4. The van der Waals surface area contributed by atoms with Gasteiger partial charge in [-0.3, -0.25) is 0 Å². The van der Waals surface area contributed by atoms with Gasteiger partial charge in [-0.15, -0.1) is 0 Å². The Hall–Kier alpha value is -1.99. The smallest absolute Gasteiger partial charge is 0.243 e. The van der Waals surface area contributed by atoms with E-state index in [9.17, 15) is 12.8 Å². The third-order valence-electron chi connectivity index (χ3n) is 4.05. The van der Waals surface area contributed by atoms with Crippen LogP contribution in [0.3, 0.4) is 0 Å². The lowest BCUT2D eigenvalue weighted by molar-refractivity contribution is 0.322. The van der Waals surface area contributed by atoms with Crippen LogP contribution in [0.25, 0.3) is 0 Å². The Kier molecular flexibility index (Phi) is 4.56. The van der Waals surface area contributed by atoms with Gasteiger partial charge >= 0.3 is 0 Å². The third-order valence-corrected chi connectivity index (χ3v) is 6.04. The van der Waals surface area contributed by atoms with Crippen molar-refractivity contribution >= 4 is 10.0 Å². The molecule has 0 saturated carbocycles. The van der Waals surface area contributed by atoms with Crippen LogP contribution in [-0.4, -0.2) is 30.9 Å². The van der Waals surface area contributed by atoms with Crippen LogP contribution in [0.5, 0.6) is 5.88 Å². The molecule has 0 aliphatic carbocycles. The summed E-state index contributed by atoms with van der Waals surface area (Å²) in [6, 6.07) is 7.41. The fourth-order valence-electron chi connectivity index (χ4n) is 2.79. The predicted octanol–water partition coefficient (Wildman–Crippen LogP) is 2.67. The Balaban J connectivity index is 1.90. The molecule has 0 saturated heterocycles. The Morgan fingerprint density at radius 2 is 2.08 bits per heavy atom. The number of aromatic nitrogens is 1. The molecule has 1 aliphatic heterocycles. The number of rotatable bonds is 4. The molecule has 0 atom stereocenters. The lowest BCUT2D eigenvalue weighted by Gasteiger charge is -2.28. The SMILES string of the molecule is CCOc1ccc2c(n1)CCN(S(=O)(=O)c1cc(F)ccc1C)C2. The van der Waals surface area contributed by atoms with Crippen molar-refractivity contribution in [2.24, 2.45) is 0 Å². The van der Waals surface area contributed by atoms with E-state index in [4.69, 9.17) is 4.74 Å². The molecule has 0 unspecified atom stereocenters. The predicted molar refractivity (Wildman–Crippen MR) is 87.8 cm³/mol. The van der Waals surface area contributed by atoms with E-state index in [0.717, 1.165) is 17.3 Å². The summed E-state index contributed by atoms with van der Waals surface area (Å²) in [6.45, 7) is 4.63. The van der Waals surface area contributed by atoms with E-state index < -0.39 is 15.8 Å². The lowest BCUT2D eigenvalue weighted by Crippen LogP contribution is -2.36. The molecule has 1 aliphatic rings. The first-order valence-electron chi connectivity index (χ1n) is 7.79. The Bertz CT molecular complexity index is 868. The minimum atomic E-state index is -3.74. The molecular formula is C17H19FN2O3S. The minimum Gasteiger partial charge on any atom is -0.478 e. The second kappa shape index (κ2) is 6.49. The fraction of sp³-hybridized carbons (Fsp3) is 0.353. The maximum Gasteiger partial charge on any atom is 0.243 e. The second-order valence-corrected chi connectivity index (χ2v) is 7.59. The number of aryl methyl sites for hydroxylation is 1. The van der Waals surface area contributed by atoms with Crippen molar-refractivity contribution in [2.45, 2.75) is 31.7 Å². The number of sulfonamides is 1. The van der Waals surface area contributed by atoms with E-state index >= 15 is 0 Å². The maximum absolute atomic E-state index is 13.5. The zero-order valence-corrected chi connectivity index (χ0v) is 14.4. The van der Waals surface area contributed by atoms with E-state index in [2.05, 4.69) is 4.98 Å². The average Bonchev–Trinajstić information content (AvgIpc) is 2.56. The van der Waals surface area contributed by atoms with Crippen molar-refractivity contribution in [3.05, 3.63) is 53.0 Å². The quantitative estimate of drug-likeness (QED) is 0.851. The van der Waals surface area contributed by atoms with Crippen molar-refractivity contribution in [1.29, 1.82) is 0 Å². The van der Waals surface area contributed by atoms with E-state index in [0.29, 0.717) is 31.0 Å². The number of pyridine rings is 1. The highest BCUT2D eigenvalue weighted by molar-refractivity contribution is 7.89. The molecule has 0 fully saturated rings. The van der Waals surface area contributed by atoms with Gasteiger partial charge in [0.25, 0.3) is 0 Å². The van der Waals surface area contributed by atoms with Crippen LogP contribution < -0.4 is 4.74 Å². The molecule has 0 N–H and O–H groups in total. The zero-order valence-electron chi connectivity index (χ0n) is 13.6. The Morgan fingerprint density at radius 3 is 2.83 bits per heavy atom. The van der Waals surface area contributed by atoms with E-state index in [1.807, 2.05) is 13.0 Å². The summed E-state index contributed by atoms with van der Waals surface area (Å²) in [5.41, 5.74) is 2.23. The molecule has 5 nitrogen and oxygen atoms in total. The van der Waals surface area contributed by atoms with Gasteiger partial charge in [0.2, 0.25) is 15.9 Å².